The minimum absolute atomic E-state index is 0.110. The highest BCUT2D eigenvalue weighted by molar-refractivity contribution is 6.52. The van der Waals surface area contributed by atoms with E-state index in [9.17, 15) is 4.79 Å². The minimum atomic E-state index is -0.848. The lowest BCUT2D eigenvalue weighted by atomic mass is 10.3. The van der Waals surface area contributed by atoms with Gasteiger partial charge < -0.3 is 5.32 Å². The summed E-state index contributed by atoms with van der Waals surface area (Å²) in [6.07, 6.45) is 0.536. The average molecular weight is 230 g/mol. The van der Waals surface area contributed by atoms with Crippen molar-refractivity contribution in [1.29, 1.82) is 0 Å². The van der Waals surface area contributed by atoms with Gasteiger partial charge in [0.05, 0.1) is 5.92 Å². The molecule has 1 N–H and O–H groups in total. The lowest BCUT2D eigenvalue weighted by Gasteiger charge is -2.03. The highest BCUT2D eigenvalue weighted by Gasteiger charge is 2.56. The van der Waals surface area contributed by atoms with Gasteiger partial charge in [-0.2, -0.15) is 0 Å². The molecule has 0 aliphatic heterocycles. The average Bonchev–Trinajstić information content (AvgIpc) is 2.77. The van der Waals surface area contributed by atoms with Gasteiger partial charge in [-0.05, 0) is 18.6 Å². The predicted molar refractivity (Wildman–Crippen MR) is 57.6 cm³/mol. The molecule has 0 saturated heterocycles. The third-order valence-electron chi connectivity index (χ3n) is 2.18. The van der Waals surface area contributed by atoms with Gasteiger partial charge in [-0.1, -0.05) is 18.2 Å². The number of rotatable bonds is 2. The molecule has 1 aromatic carbocycles. The van der Waals surface area contributed by atoms with Crippen LogP contribution in [0.3, 0.4) is 0 Å². The van der Waals surface area contributed by atoms with Gasteiger partial charge in [0.1, 0.15) is 4.33 Å². The van der Waals surface area contributed by atoms with E-state index in [1.54, 1.807) is 0 Å². The van der Waals surface area contributed by atoms with Crippen molar-refractivity contribution >= 4 is 34.8 Å². The Labute approximate surface area is 92.2 Å². The van der Waals surface area contributed by atoms with Crippen molar-refractivity contribution in [1.82, 2.24) is 0 Å². The molecule has 0 unspecified atom stereocenters. The second-order valence-electron chi connectivity index (χ2n) is 3.37. The van der Waals surface area contributed by atoms with Crippen molar-refractivity contribution in [3.05, 3.63) is 30.3 Å². The van der Waals surface area contributed by atoms with Crippen molar-refractivity contribution < 1.29 is 4.79 Å². The molecule has 0 bridgehead atoms. The number of benzene rings is 1. The Hall–Kier alpha value is -0.730. The summed E-state index contributed by atoms with van der Waals surface area (Å²) in [5.41, 5.74) is 0.772. The molecule has 0 radical (unpaired) electrons. The van der Waals surface area contributed by atoms with Crippen molar-refractivity contribution in [3.8, 4) is 0 Å². The SMILES string of the molecule is O=C(Nc1ccccc1)[C@@H]1CC1(Cl)Cl. The lowest BCUT2D eigenvalue weighted by molar-refractivity contribution is -0.117. The zero-order valence-corrected chi connectivity index (χ0v) is 8.85. The highest BCUT2D eigenvalue weighted by atomic mass is 35.5. The lowest BCUT2D eigenvalue weighted by Crippen LogP contribution is -2.16. The zero-order valence-electron chi connectivity index (χ0n) is 7.34. The van der Waals surface area contributed by atoms with E-state index in [1.807, 2.05) is 30.3 Å². The van der Waals surface area contributed by atoms with E-state index in [-0.39, 0.29) is 11.8 Å². The number of para-hydroxylation sites is 1. The number of anilines is 1. The Bertz CT molecular complexity index is 350. The molecule has 4 heteroatoms. The number of amides is 1. The summed E-state index contributed by atoms with van der Waals surface area (Å²) in [7, 11) is 0. The number of carbonyl (C=O) groups is 1. The van der Waals surface area contributed by atoms with Crippen LogP contribution in [0.5, 0.6) is 0 Å². The summed E-state index contributed by atoms with van der Waals surface area (Å²) in [4.78, 5) is 11.5. The van der Waals surface area contributed by atoms with Gasteiger partial charge in [-0.15, -0.1) is 23.2 Å². The van der Waals surface area contributed by atoms with Gasteiger partial charge in [0, 0.05) is 5.69 Å². The maximum absolute atomic E-state index is 11.5. The monoisotopic (exact) mass is 229 g/mol. The van der Waals surface area contributed by atoms with E-state index in [0.29, 0.717) is 6.42 Å². The van der Waals surface area contributed by atoms with Crippen LogP contribution in [0.4, 0.5) is 5.69 Å². The van der Waals surface area contributed by atoms with E-state index >= 15 is 0 Å². The van der Waals surface area contributed by atoms with Crippen LogP contribution in [0, 0.1) is 5.92 Å². The van der Waals surface area contributed by atoms with Crippen LogP contribution in [0.2, 0.25) is 0 Å². The predicted octanol–water partition coefficient (Wildman–Crippen LogP) is 2.82. The van der Waals surface area contributed by atoms with E-state index in [1.165, 1.54) is 0 Å². The summed E-state index contributed by atoms with van der Waals surface area (Å²) < 4.78 is -0.848. The van der Waals surface area contributed by atoms with Crippen LogP contribution in [0.15, 0.2) is 30.3 Å². The molecule has 0 spiro atoms. The molecule has 1 amide bonds. The molecular formula is C10H9Cl2NO. The molecule has 1 atom stereocenters. The van der Waals surface area contributed by atoms with Crippen LogP contribution in [0.1, 0.15) is 6.42 Å². The Balaban J connectivity index is 1.97. The first-order valence-corrected chi connectivity index (χ1v) is 5.09. The van der Waals surface area contributed by atoms with E-state index in [4.69, 9.17) is 23.2 Å². The summed E-state index contributed by atoms with van der Waals surface area (Å²) in [5.74, 6) is -0.382. The first-order valence-electron chi connectivity index (χ1n) is 4.33. The van der Waals surface area contributed by atoms with Crippen LogP contribution in [0.25, 0.3) is 0 Å². The Morgan fingerprint density at radius 3 is 2.43 bits per heavy atom. The van der Waals surface area contributed by atoms with Gasteiger partial charge in [-0.25, -0.2) is 0 Å². The third-order valence-corrected chi connectivity index (χ3v) is 3.02. The number of hydrogen-bond donors (Lipinski definition) is 1. The molecular weight excluding hydrogens is 221 g/mol. The molecule has 1 aromatic rings. The van der Waals surface area contributed by atoms with Crippen molar-refractivity contribution in [2.45, 2.75) is 10.8 Å². The normalized spacial score (nSPS) is 22.9. The number of alkyl halides is 2. The van der Waals surface area contributed by atoms with Crippen molar-refractivity contribution in [2.24, 2.45) is 5.92 Å². The largest absolute Gasteiger partial charge is 0.326 e. The number of halogens is 2. The fraction of sp³-hybridized carbons (Fsp3) is 0.300. The highest BCUT2D eigenvalue weighted by Crippen LogP contribution is 2.53. The van der Waals surface area contributed by atoms with E-state index < -0.39 is 4.33 Å². The molecule has 0 heterocycles. The fourth-order valence-corrected chi connectivity index (χ4v) is 1.76. The maximum Gasteiger partial charge on any atom is 0.230 e. The molecule has 0 aromatic heterocycles. The van der Waals surface area contributed by atoms with Crippen molar-refractivity contribution in [2.75, 3.05) is 5.32 Å². The number of nitrogens with one attached hydrogen (secondary N) is 1. The maximum atomic E-state index is 11.5. The zero-order chi connectivity index (χ0) is 10.2. The van der Waals surface area contributed by atoms with Crippen LogP contribution in [-0.4, -0.2) is 10.2 Å². The molecule has 74 valence electrons. The first-order chi connectivity index (χ1) is 6.59. The van der Waals surface area contributed by atoms with Gasteiger partial charge in [-0.3, -0.25) is 4.79 Å². The molecule has 2 rings (SSSR count). The van der Waals surface area contributed by atoms with Crippen molar-refractivity contribution in [3.63, 3.8) is 0 Å². The number of carbonyl (C=O) groups excluding carboxylic acids is 1. The van der Waals surface area contributed by atoms with Gasteiger partial charge >= 0.3 is 0 Å². The molecule has 1 aliphatic carbocycles. The molecule has 1 aliphatic rings. The van der Waals surface area contributed by atoms with E-state index in [2.05, 4.69) is 5.32 Å². The standard InChI is InChI=1S/C10H9Cl2NO/c11-10(12)6-8(10)9(14)13-7-4-2-1-3-5-7/h1-5,8H,6H2,(H,13,14)/t8-/m0/s1. The molecule has 1 fully saturated rings. The third kappa shape index (κ3) is 2.02. The van der Waals surface area contributed by atoms with E-state index in [0.717, 1.165) is 5.69 Å². The summed E-state index contributed by atoms with van der Waals surface area (Å²) in [6.45, 7) is 0. The summed E-state index contributed by atoms with van der Waals surface area (Å²) in [6, 6.07) is 9.25. The summed E-state index contributed by atoms with van der Waals surface area (Å²) in [5, 5.41) is 2.75. The van der Waals surface area contributed by atoms with Gasteiger partial charge in [0.15, 0.2) is 0 Å². The first kappa shape index (κ1) is 9.81. The Morgan fingerprint density at radius 2 is 1.93 bits per heavy atom. The number of hydrogen-bond acceptors (Lipinski definition) is 1. The Morgan fingerprint density at radius 1 is 1.36 bits per heavy atom. The van der Waals surface area contributed by atoms with Gasteiger partial charge in [0.2, 0.25) is 5.91 Å². The van der Waals surface area contributed by atoms with Crippen LogP contribution >= 0.6 is 23.2 Å². The minimum Gasteiger partial charge on any atom is -0.326 e. The topological polar surface area (TPSA) is 29.1 Å². The molecule has 14 heavy (non-hydrogen) atoms. The molecule has 1 saturated carbocycles. The smallest absolute Gasteiger partial charge is 0.230 e. The van der Waals surface area contributed by atoms with Crippen LogP contribution in [-0.2, 0) is 4.79 Å². The fourth-order valence-electron chi connectivity index (χ4n) is 1.25. The molecule has 2 nitrogen and oxygen atoms in total. The Kier molecular flexibility index (Phi) is 2.41. The van der Waals surface area contributed by atoms with Gasteiger partial charge in [0.25, 0.3) is 0 Å². The summed E-state index contributed by atoms with van der Waals surface area (Å²) >= 11 is 11.5. The van der Waals surface area contributed by atoms with Crippen LogP contribution < -0.4 is 5.32 Å². The second kappa shape index (κ2) is 3.44. The quantitative estimate of drug-likeness (QED) is 0.777. The second-order valence-corrected chi connectivity index (χ2v) is 4.92.